The van der Waals surface area contributed by atoms with E-state index in [9.17, 15) is 67.6 Å². The van der Waals surface area contributed by atoms with Crippen molar-refractivity contribution >= 4 is 89.8 Å². The molecule has 0 unspecified atom stereocenters. The number of fused-ring (bicyclic) bond motifs is 4. The second-order valence-corrected chi connectivity index (χ2v) is 31.7. The van der Waals surface area contributed by atoms with Crippen LogP contribution in [0.2, 0.25) is 0 Å². The zero-order chi connectivity index (χ0) is 85.3. The fourth-order valence-corrected chi connectivity index (χ4v) is 16.1. The molecule has 2 aliphatic heterocycles. The van der Waals surface area contributed by atoms with Crippen LogP contribution in [0.1, 0.15) is 136 Å². The number of hydrogen-bond acceptors (Lipinski definition) is 26. The minimum atomic E-state index is -4.11. The van der Waals surface area contributed by atoms with Crippen LogP contribution in [0.5, 0.6) is 5.75 Å². The summed E-state index contributed by atoms with van der Waals surface area (Å²) < 4.78 is 165. The number of nitrogens with one attached hydrogen (secondary N) is 3. The highest BCUT2D eigenvalue weighted by atomic mass is 32.2. The van der Waals surface area contributed by atoms with Crippen molar-refractivity contribution in [2.45, 2.75) is 139 Å². The van der Waals surface area contributed by atoms with Crippen LogP contribution in [0.3, 0.4) is 0 Å². The van der Waals surface area contributed by atoms with Gasteiger partial charge in [0.2, 0.25) is 40.7 Å². The molecule has 4 aliphatic carbocycles. The van der Waals surface area contributed by atoms with Gasteiger partial charge in [0.05, 0.1) is 114 Å². The highest BCUT2D eigenvalue weighted by Gasteiger charge is 2.40. The number of aromatic nitrogens is 6. The molecular formula is C80H99F5N14O19S2. The van der Waals surface area contributed by atoms with Crippen molar-refractivity contribution in [1.82, 2.24) is 44.2 Å². The van der Waals surface area contributed by atoms with E-state index in [2.05, 4.69) is 98.3 Å². The van der Waals surface area contributed by atoms with Crippen LogP contribution >= 0.6 is 0 Å². The molecule has 0 bridgehead atoms. The largest absolute Gasteiger partial charge is 0.420 e. The number of imide groups is 2. The van der Waals surface area contributed by atoms with Gasteiger partial charge in [-0.25, -0.2) is 43.4 Å². The summed E-state index contributed by atoms with van der Waals surface area (Å²) in [5, 5.41) is 22.2. The van der Waals surface area contributed by atoms with Gasteiger partial charge < -0.3 is 64.0 Å². The van der Waals surface area contributed by atoms with Crippen molar-refractivity contribution in [3.63, 3.8) is 0 Å². The Labute approximate surface area is 690 Å². The lowest BCUT2D eigenvalue weighted by Crippen LogP contribution is -2.31. The predicted octanol–water partition coefficient (Wildman–Crippen LogP) is 7.57. The molecule has 120 heavy (non-hydrogen) atoms. The summed E-state index contributed by atoms with van der Waals surface area (Å²) in [4.78, 5) is 89.8. The number of hydrogen-bond donors (Lipinski definition) is 6. The Kier molecular flexibility index (Phi) is 33.5. The molecule has 2 saturated carbocycles. The number of ether oxygens (including phenoxy) is 7. The van der Waals surface area contributed by atoms with E-state index < -0.39 is 73.2 Å². The van der Waals surface area contributed by atoms with Crippen LogP contribution < -0.4 is 36.7 Å². The molecule has 0 radical (unpaired) electrons. The predicted molar refractivity (Wildman–Crippen MR) is 424 cm³/mol. The number of esters is 1. The van der Waals surface area contributed by atoms with Gasteiger partial charge in [-0.05, 0) is 111 Å². The van der Waals surface area contributed by atoms with E-state index in [1.165, 1.54) is 39.3 Å². The summed E-state index contributed by atoms with van der Waals surface area (Å²) in [5.41, 5.74) is 12.4. The van der Waals surface area contributed by atoms with E-state index >= 15 is 0 Å². The van der Waals surface area contributed by atoms with Gasteiger partial charge in [0.15, 0.2) is 0 Å². The van der Waals surface area contributed by atoms with Gasteiger partial charge in [0.25, 0.3) is 23.6 Å². The summed E-state index contributed by atoms with van der Waals surface area (Å²) in [6.45, 7) is 5.07. The maximum Gasteiger partial charge on any atom is 0.333 e. The SMILES string of the molecule is NCCOCCOCCO[C@H]1C[C@H](n2ccc3c(N[C@H]4CCc5ccccc54)ncnc32)C[C@H]1COS(N)(=O)=O.NS(=O)(=O)OC[C@@H]1C[C@@H](n2ccc3c(N[C@H]4CCc5ccccc54)ncnc32)C[C@@H]1OCCOCCOCCNC(=O)CCCCCN1C(=O)C=CC1=O.O=C(CCCCCN1C(=O)C=CC1=O)Oc1c(F)c(F)c(F)c(F)c1F. The number of halogens is 5. The normalized spacial score (nSPS) is 20.0. The Hall–Kier alpha value is -9.69. The zero-order valence-corrected chi connectivity index (χ0v) is 67.5. The van der Waals surface area contributed by atoms with Gasteiger partial charge in [-0.1, -0.05) is 61.4 Å². The number of unbranched alkanes of at least 4 members (excludes halogenated alkanes) is 4. The Balaban J connectivity index is 0.000000188. The van der Waals surface area contributed by atoms with Crippen LogP contribution in [-0.4, -0.2) is 209 Å². The van der Waals surface area contributed by atoms with E-state index in [0.29, 0.717) is 143 Å². The van der Waals surface area contributed by atoms with Crippen LogP contribution in [-0.2, 0) is 99.0 Å². The smallest absolute Gasteiger partial charge is 0.333 e. The average molecular weight is 1720 g/mol. The van der Waals surface area contributed by atoms with Gasteiger partial charge >= 0.3 is 26.6 Å². The summed E-state index contributed by atoms with van der Waals surface area (Å²) in [5.74, 6) is -14.4. The standard InChI is InChI=1S/C37H49N7O9S.C27H38N6O6S.C16H12F5NO4/c38-54(48,49)53-24-27-22-28(43-16-13-30-36(40-25-41-37(30)43)42-31-10-9-26-6-3-4-7-29(26)31)23-32(27)52-21-20-51-19-18-50-17-14-39-33(45)8-2-1-5-15-44-34(46)11-12-35(44)47;28-8-10-36-11-12-37-13-14-38-25-16-21(15-20(25)17-39-40(29,34)35)33-9-7-23-26(30-18-31-27(23)33)32-24-6-5-19-3-1-2-4-22(19)24;17-11-12(18)14(20)16(15(21)13(11)19)26-10(25)4-2-1-3-7-22-8(23)5-6-9(22)24/h3-4,6-7,11-13,16,25,27-28,31-32H,1-2,5,8-10,14-15,17-24H2,(H,39,45)(H2,38,48,49)(H,40,41,42);1-4,7,9,18,20-21,24-25H,5-6,8,10-17,28H2,(H2,29,34,35)(H,30,31,32);5-6H,1-4,7H2/t27-,28+,31-,32-;20-,21+,24-,25-;/m00./s1. The van der Waals surface area contributed by atoms with Crippen LogP contribution in [0, 0.1) is 40.9 Å². The third kappa shape index (κ3) is 25.5. The first-order chi connectivity index (χ1) is 57.8. The topological polar surface area (TPSA) is 436 Å². The molecule has 3 aromatic carbocycles. The van der Waals surface area contributed by atoms with E-state index in [4.69, 9.17) is 52.8 Å². The highest BCUT2D eigenvalue weighted by molar-refractivity contribution is 7.84. The molecule has 0 spiro atoms. The molecule has 6 aliphatic rings. The monoisotopic (exact) mass is 1720 g/mol. The average Bonchev–Trinajstić information content (AvgIpc) is 1.60. The fourth-order valence-electron chi connectivity index (χ4n) is 15.4. The Morgan fingerprint density at radius 3 is 1.36 bits per heavy atom. The Morgan fingerprint density at radius 2 is 0.908 bits per heavy atom. The number of rotatable bonds is 44. The van der Waals surface area contributed by atoms with Gasteiger partial charge in [0.1, 0.15) is 35.6 Å². The number of nitrogens with two attached hydrogens (primary N) is 3. The van der Waals surface area contributed by atoms with Crippen molar-refractivity contribution in [1.29, 1.82) is 0 Å². The molecule has 650 valence electrons. The number of aryl methyl sites for hydroxylation is 2. The second kappa shape index (κ2) is 44.2. The molecular weight excluding hydrogens is 1620 g/mol. The van der Waals surface area contributed by atoms with Crippen molar-refractivity contribution in [2.24, 2.45) is 27.8 Å². The minimum Gasteiger partial charge on any atom is -0.420 e. The lowest BCUT2D eigenvalue weighted by molar-refractivity contribution is -0.138. The number of nitrogens with zero attached hydrogens (tertiary/aromatic N) is 8. The van der Waals surface area contributed by atoms with Crippen molar-refractivity contribution < 1.29 is 109 Å². The van der Waals surface area contributed by atoms with E-state index in [1.54, 1.807) is 12.7 Å². The first-order valence-corrected chi connectivity index (χ1v) is 42.7. The lowest BCUT2D eigenvalue weighted by Gasteiger charge is -2.19. The summed E-state index contributed by atoms with van der Waals surface area (Å²) in [6.07, 6.45) is 21.1. The number of anilines is 2. The first-order valence-electron chi connectivity index (χ1n) is 39.8. The minimum absolute atomic E-state index is 0.0113. The molecule has 7 aromatic rings. The highest BCUT2D eigenvalue weighted by Crippen LogP contribution is 2.43. The first kappa shape index (κ1) is 91.1. The van der Waals surface area contributed by atoms with E-state index in [1.807, 2.05) is 24.5 Å². The van der Waals surface area contributed by atoms with Crippen LogP contribution in [0.25, 0.3) is 22.1 Å². The molecule has 0 saturated heterocycles. The van der Waals surface area contributed by atoms with Gasteiger partial charge in [-0.15, -0.1) is 0 Å². The van der Waals surface area contributed by atoms with Crippen molar-refractivity contribution in [3.8, 4) is 5.75 Å². The molecule has 9 N–H and O–H groups in total. The summed E-state index contributed by atoms with van der Waals surface area (Å²) in [7, 11) is -8.17. The van der Waals surface area contributed by atoms with Crippen LogP contribution in [0.15, 0.2) is 110 Å². The van der Waals surface area contributed by atoms with Gasteiger partial charge in [-0.2, -0.15) is 25.6 Å². The van der Waals surface area contributed by atoms with E-state index in [0.717, 1.165) is 82.9 Å². The molecule has 40 heteroatoms. The number of benzene rings is 3. The third-order valence-electron chi connectivity index (χ3n) is 21.2. The van der Waals surface area contributed by atoms with Gasteiger partial charge in [0, 0.05) is 99.6 Å². The van der Waals surface area contributed by atoms with Crippen molar-refractivity contribution in [3.05, 3.63) is 161 Å². The maximum absolute atomic E-state index is 13.4. The molecule has 8 atom stereocenters. The summed E-state index contributed by atoms with van der Waals surface area (Å²) >= 11 is 0. The number of carbonyl (C=O) groups is 6. The Bertz CT molecular complexity index is 4940. The second-order valence-electron chi connectivity index (χ2n) is 29.3. The molecule has 13 rings (SSSR count). The molecule has 2 fully saturated rings. The third-order valence-corrected chi connectivity index (χ3v) is 22.2. The number of carbonyl (C=O) groups excluding carboxylic acids is 6. The quantitative estimate of drug-likeness (QED) is 0.00407. The molecule has 5 amide bonds. The molecule has 4 aromatic heterocycles. The number of amides is 5. The van der Waals surface area contributed by atoms with Gasteiger partial charge in [-0.3, -0.25) is 46.9 Å². The van der Waals surface area contributed by atoms with Crippen LogP contribution in [0.4, 0.5) is 33.6 Å². The van der Waals surface area contributed by atoms with E-state index in [-0.39, 0.29) is 98.5 Å². The Morgan fingerprint density at radius 1 is 0.492 bits per heavy atom. The maximum atomic E-state index is 13.4. The molecule has 33 nitrogen and oxygen atoms in total. The molecule has 6 heterocycles. The zero-order valence-electron chi connectivity index (χ0n) is 65.9. The lowest BCUT2D eigenvalue weighted by atomic mass is 10.1. The fraction of sp³-hybridized carbons (Fsp3) is 0.500. The van der Waals surface area contributed by atoms with Crippen molar-refractivity contribution in [2.75, 3.05) is 116 Å². The summed E-state index contributed by atoms with van der Waals surface area (Å²) in [6, 6.07) is 21.4.